The Morgan fingerprint density at radius 3 is 2.47 bits per heavy atom. The summed E-state index contributed by atoms with van der Waals surface area (Å²) in [5.41, 5.74) is -0.969. The van der Waals surface area contributed by atoms with E-state index in [1.807, 2.05) is 12.1 Å². The van der Waals surface area contributed by atoms with E-state index in [4.69, 9.17) is 9.47 Å². The van der Waals surface area contributed by atoms with E-state index in [9.17, 15) is 18.8 Å². The Morgan fingerprint density at radius 2 is 1.80 bits per heavy atom. The van der Waals surface area contributed by atoms with Crippen molar-refractivity contribution < 1.29 is 28.2 Å². The molecule has 0 saturated carbocycles. The highest BCUT2D eigenvalue weighted by Crippen LogP contribution is 2.48. The van der Waals surface area contributed by atoms with Crippen LogP contribution < -0.4 is 14.4 Å². The molecule has 1 spiro atoms. The number of likely N-dealkylation sites (N-methyl/N-ethyl adjacent to an activating group) is 1. The number of carbonyl (C=O) groups excluding carboxylic acids is 3. The third-order valence-corrected chi connectivity index (χ3v) is 5.63. The molecule has 2 heterocycles. The van der Waals surface area contributed by atoms with E-state index < -0.39 is 29.0 Å². The lowest BCUT2D eigenvalue weighted by Crippen LogP contribution is -2.46. The highest BCUT2D eigenvalue weighted by atomic mass is 19.1. The van der Waals surface area contributed by atoms with E-state index in [1.165, 1.54) is 30.1 Å². The maximum absolute atomic E-state index is 14.0. The number of halogens is 1. The molecule has 8 heteroatoms. The van der Waals surface area contributed by atoms with Gasteiger partial charge in [0.1, 0.15) is 5.82 Å². The normalized spacial score (nSPS) is 20.3. The molecule has 0 aliphatic carbocycles. The monoisotopic (exact) mass is 412 g/mol. The van der Waals surface area contributed by atoms with E-state index in [0.29, 0.717) is 30.2 Å². The standard InChI is InChI=1S/C22H21FN2O5/c1-24-19(26)13-22(20(24)27)15-12-14(23)8-9-16(15)25(21(22)28)10-5-11-30-18-7-4-3-6-17(18)29-2/h3-4,6-9,12H,5,10-11,13H2,1-2H3. The van der Waals surface area contributed by atoms with Crippen LogP contribution >= 0.6 is 0 Å². The highest BCUT2D eigenvalue weighted by molar-refractivity contribution is 6.28. The Bertz CT molecular complexity index is 1040. The van der Waals surface area contributed by atoms with Crippen molar-refractivity contribution in [3.8, 4) is 11.5 Å². The van der Waals surface area contributed by atoms with Gasteiger partial charge in [-0.25, -0.2) is 4.39 Å². The third kappa shape index (κ3) is 2.91. The molecule has 156 valence electrons. The molecular weight excluding hydrogens is 391 g/mol. The summed E-state index contributed by atoms with van der Waals surface area (Å²) in [5.74, 6) is -0.931. The number of para-hydroxylation sites is 2. The van der Waals surface area contributed by atoms with Crippen molar-refractivity contribution in [1.29, 1.82) is 0 Å². The number of ether oxygens (including phenoxy) is 2. The molecule has 2 aromatic carbocycles. The van der Waals surface area contributed by atoms with E-state index in [-0.39, 0.29) is 18.5 Å². The van der Waals surface area contributed by atoms with Crippen molar-refractivity contribution >= 4 is 23.4 Å². The van der Waals surface area contributed by atoms with Gasteiger partial charge in [0.25, 0.3) is 0 Å². The van der Waals surface area contributed by atoms with Crippen LogP contribution in [0, 0.1) is 5.82 Å². The van der Waals surface area contributed by atoms with Gasteiger partial charge in [0.05, 0.1) is 20.1 Å². The first-order valence-corrected chi connectivity index (χ1v) is 9.59. The number of imide groups is 1. The van der Waals surface area contributed by atoms with Gasteiger partial charge in [-0.1, -0.05) is 12.1 Å². The van der Waals surface area contributed by atoms with Crippen molar-refractivity contribution in [1.82, 2.24) is 4.90 Å². The Morgan fingerprint density at radius 1 is 1.07 bits per heavy atom. The lowest BCUT2D eigenvalue weighted by atomic mass is 9.80. The van der Waals surface area contributed by atoms with Gasteiger partial charge in [-0.2, -0.15) is 0 Å². The first kappa shape index (κ1) is 19.9. The van der Waals surface area contributed by atoms with Gasteiger partial charge in [0.15, 0.2) is 16.9 Å². The van der Waals surface area contributed by atoms with Gasteiger partial charge >= 0.3 is 0 Å². The fourth-order valence-corrected chi connectivity index (χ4v) is 4.10. The van der Waals surface area contributed by atoms with Crippen LogP contribution in [0.25, 0.3) is 0 Å². The van der Waals surface area contributed by atoms with Gasteiger partial charge in [0.2, 0.25) is 17.7 Å². The molecule has 0 aromatic heterocycles. The summed E-state index contributed by atoms with van der Waals surface area (Å²) in [6, 6.07) is 11.1. The lowest BCUT2D eigenvalue weighted by molar-refractivity contribution is -0.140. The topological polar surface area (TPSA) is 76.2 Å². The minimum absolute atomic E-state index is 0.251. The van der Waals surface area contributed by atoms with Gasteiger partial charge in [-0.3, -0.25) is 19.3 Å². The SMILES string of the molecule is COc1ccccc1OCCCN1C(=O)C2(CC(=O)N(C)C2=O)c2cc(F)ccc21. The molecule has 30 heavy (non-hydrogen) atoms. The number of fused-ring (bicyclic) bond motifs is 2. The zero-order valence-electron chi connectivity index (χ0n) is 16.7. The fraction of sp³-hybridized carbons (Fsp3) is 0.318. The first-order valence-electron chi connectivity index (χ1n) is 9.59. The Labute approximate surface area is 173 Å². The van der Waals surface area contributed by atoms with E-state index in [1.54, 1.807) is 19.2 Å². The predicted octanol–water partition coefficient (Wildman–Crippen LogP) is 2.28. The highest BCUT2D eigenvalue weighted by Gasteiger charge is 2.62. The number of hydrogen-bond acceptors (Lipinski definition) is 5. The minimum Gasteiger partial charge on any atom is -0.493 e. The van der Waals surface area contributed by atoms with Gasteiger partial charge in [-0.15, -0.1) is 0 Å². The molecule has 4 rings (SSSR count). The molecule has 2 aromatic rings. The van der Waals surface area contributed by atoms with Crippen molar-refractivity contribution in [3.05, 3.63) is 53.8 Å². The van der Waals surface area contributed by atoms with E-state index >= 15 is 0 Å². The van der Waals surface area contributed by atoms with Crippen LogP contribution in [0.2, 0.25) is 0 Å². The number of carbonyl (C=O) groups is 3. The number of amides is 3. The lowest BCUT2D eigenvalue weighted by Gasteiger charge is -2.21. The predicted molar refractivity (Wildman–Crippen MR) is 106 cm³/mol. The Hall–Kier alpha value is -3.42. The summed E-state index contributed by atoms with van der Waals surface area (Å²) >= 11 is 0. The number of nitrogens with zero attached hydrogens (tertiary/aromatic N) is 2. The molecule has 3 amide bonds. The van der Waals surface area contributed by atoms with Crippen LogP contribution in [0.1, 0.15) is 18.4 Å². The summed E-state index contributed by atoms with van der Waals surface area (Å²) in [7, 11) is 2.90. The van der Waals surface area contributed by atoms with E-state index in [0.717, 1.165) is 4.90 Å². The average Bonchev–Trinajstić information content (AvgIpc) is 3.11. The molecule has 7 nitrogen and oxygen atoms in total. The maximum Gasteiger partial charge on any atom is 0.249 e. The van der Waals surface area contributed by atoms with Crippen LogP contribution in [-0.4, -0.2) is 49.9 Å². The second-order valence-corrected chi connectivity index (χ2v) is 7.31. The average molecular weight is 412 g/mol. The molecule has 2 aliphatic heterocycles. The zero-order chi connectivity index (χ0) is 21.5. The number of methoxy groups -OCH3 is 1. The zero-order valence-corrected chi connectivity index (χ0v) is 16.7. The molecular formula is C22H21FN2O5. The first-order chi connectivity index (χ1) is 14.4. The molecule has 0 radical (unpaired) electrons. The van der Waals surface area contributed by atoms with Crippen molar-refractivity contribution in [2.45, 2.75) is 18.3 Å². The fourth-order valence-electron chi connectivity index (χ4n) is 4.10. The number of rotatable bonds is 6. The molecule has 0 N–H and O–H groups in total. The maximum atomic E-state index is 14.0. The molecule has 2 aliphatic rings. The van der Waals surface area contributed by atoms with Crippen molar-refractivity contribution in [3.63, 3.8) is 0 Å². The molecule has 1 saturated heterocycles. The van der Waals surface area contributed by atoms with Gasteiger partial charge in [-0.05, 0) is 36.8 Å². The summed E-state index contributed by atoms with van der Waals surface area (Å²) in [5, 5.41) is 0. The van der Waals surface area contributed by atoms with E-state index in [2.05, 4.69) is 0 Å². The van der Waals surface area contributed by atoms with Gasteiger partial charge in [0, 0.05) is 24.8 Å². The Balaban J connectivity index is 1.54. The van der Waals surface area contributed by atoms with Crippen molar-refractivity contribution in [2.24, 2.45) is 0 Å². The minimum atomic E-state index is -1.67. The van der Waals surface area contributed by atoms with Crippen LogP contribution in [0.15, 0.2) is 42.5 Å². The number of hydrogen-bond donors (Lipinski definition) is 0. The van der Waals surface area contributed by atoms with Crippen LogP contribution in [0.3, 0.4) is 0 Å². The molecule has 1 unspecified atom stereocenters. The molecule has 1 atom stereocenters. The summed E-state index contributed by atoms with van der Waals surface area (Å²) in [4.78, 5) is 40.7. The number of benzene rings is 2. The smallest absolute Gasteiger partial charge is 0.249 e. The van der Waals surface area contributed by atoms with Crippen LogP contribution in [-0.2, 0) is 19.8 Å². The largest absolute Gasteiger partial charge is 0.493 e. The molecule has 0 bridgehead atoms. The third-order valence-electron chi connectivity index (χ3n) is 5.63. The molecule has 1 fully saturated rings. The quantitative estimate of drug-likeness (QED) is 0.413. The van der Waals surface area contributed by atoms with Gasteiger partial charge < -0.3 is 14.4 Å². The summed E-state index contributed by atoms with van der Waals surface area (Å²) in [6.07, 6.45) is 0.181. The summed E-state index contributed by atoms with van der Waals surface area (Å²) in [6.45, 7) is 0.569. The second-order valence-electron chi connectivity index (χ2n) is 7.31. The number of anilines is 1. The number of likely N-dealkylation sites (tertiary alicyclic amines) is 1. The van der Waals surface area contributed by atoms with Crippen LogP contribution in [0.5, 0.6) is 11.5 Å². The van der Waals surface area contributed by atoms with Crippen LogP contribution in [0.4, 0.5) is 10.1 Å². The Kier molecular flexibility index (Phi) is 4.93. The van der Waals surface area contributed by atoms with Crippen molar-refractivity contribution in [2.75, 3.05) is 32.2 Å². The summed E-state index contributed by atoms with van der Waals surface area (Å²) < 4.78 is 25.0. The second kappa shape index (κ2) is 7.44.